The highest BCUT2D eigenvalue weighted by Gasteiger charge is 2.10. The number of nitrogens with one attached hydrogen (secondary N) is 1. The second kappa shape index (κ2) is 4.78. The van der Waals surface area contributed by atoms with Crippen molar-refractivity contribution in [3.63, 3.8) is 0 Å². The average molecular weight is 240 g/mol. The average Bonchev–Trinajstić information content (AvgIpc) is 2.84. The molecule has 3 rings (SSSR count). The van der Waals surface area contributed by atoms with Gasteiger partial charge in [-0.15, -0.1) is 0 Å². The van der Waals surface area contributed by atoms with E-state index in [1.807, 2.05) is 12.4 Å². The lowest BCUT2D eigenvalue weighted by molar-refractivity contribution is 0.134. The van der Waals surface area contributed by atoms with Gasteiger partial charge in [-0.1, -0.05) is 12.1 Å². The summed E-state index contributed by atoms with van der Waals surface area (Å²) in [5, 5.41) is 3.42. The standard InChI is InChI=1S/C15H16N2O/c1-11-4-12(7-16-6-11)8-17-15-3-2-13-9-18-10-14(13)5-15/h2-7,17H,8-10H2,1H3. The Bertz CT molecular complexity index is 566. The second-order valence-corrected chi connectivity index (χ2v) is 4.70. The first-order valence-electron chi connectivity index (χ1n) is 6.15. The SMILES string of the molecule is Cc1cncc(CNc2ccc3c(c2)COC3)c1. The molecule has 3 heteroatoms. The van der Waals surface area contributed by atoms with Crippen LogP contribution in [0.1, 0.15) is 22.3 Å². The van der Waals surface area contributed by atoms with Crippen molar-refractivity contribution < 1.29 is 4.74 Å². The Morgan fingerprint density at radius 3 is 2.94 bits per heavy atom. The highest BCUT2D eigenvalue weighted by Crippen LogP contribution is 2.23. The first kappa shape index (κ1) is 11.2. The molecule has 18 heavy (non-hydrogen) atoms. The molecule has 0 spiro atoms. The van der Waals surface area contributed by atoms with Crippen molar-refractivity contribution in [3.05, 3.63) is 58.9 Å². The number of hydrogen-bond acceptors (Lipinski definition) is 3. The fourth-order valence-electron chi connectivity index (χ4n) is 2.20. The van der Waals surface area contributed by atoms with Gasteiger partial charge in [0, 0.05) is 24.6 Å². The van der Waals surface area contributed by atoms with E-state index in [1.54, 1.807) is 0 Å². The molecule has 92 valence electrons. The maximum Gasteiger partial charge on any atom is 0.0725 e. The fourth-order valence-corrected chi connectivity index (χ4v) is 2.20. The van der Waals surface area contributed by atoms with Crippen LogP contribution in [0.4, 0.5) is 5.69 Å². The minimum atomic E-state index is 0.733. The largest absolute Gasteiger partial charge is 0.381 e. The second-order valence-electron chi connectivity index (χ2n) is 4.70. The minimum Gasteiger partial charge on any atom is -0.381 e. The van der Waals surface area contributed by atoms with Crippen LogP contribution in [0.5, 0.6) is 0 Å². The zero-order valence-electron chi connectivity index (χ0n) is 10.4. The lowest BCUT2D eigenvalue weighted by atomic mass is 10.1. The molecule has 1 aromatic heterocycles. The maximum absolute atomic E-state index is 5.41. The van der Waals surface area contributed by atoms with E-state index in [0.717, 1.165) is 25.4 Å². The predicted molar refractivity (Wildman–Crippen MR) is 71.2 cm³/mol. The third-order valence-corrected chi connectivity index (χ3v) is 3.15. The van der Waals surface area contributed by atoms with Crippen molar-refractivity contribution in [1.29, 1.82) is 0 Å². The van der Waals surface area contributed by atoms with Gasteiger partial charge in [-0.2, -0.15) is 0 Å². The number of anilines is 1. The van der Waals surface area contributed by atoms with Gasteiger partial charge in [-0.3, -0.25) is 4.98 Å². The summed E-state index contributed by atoms with van der Waals surface area (Å²) in [4.78, 5) is 4.19. The van der Waals surface area contributed by atoms with Gasteiger partial charge in [0.25, 0.3) is 0 Å². The number of pyridine rings is 1. The molecule has 0 amide bonds. The van der Waals surface area contributed by atoms with Gasteiger partial charge in [0.15, 0.2) is 0 Å². The van der Waals surface area contributed by atoms with E-state index in [1.165, 1.54) is 22.3 Å². The monoisotopic (exact) mass is 240 g/mol. The van der Waals surface area contributed by atoms with Crippen LogP contribution in [0.15, 0.2) is 36.7 Å². The first-order valence-corrected chi connectivity index (χ1v) is 6.15. The van der Waals surface area contributed by atoms with E-state index in [0.29, 0.717) is 0 Å². The van der Waals surface area contributed by atoms with E-state index >= 15 is 0 Å². The Labute approximate surface area is 107 Å². The number of hydrogen-bond donors (Lipinski definition) is 1. The number of ether oxygens (including phenoxy) is 1. The van der Waals surface area contributed by atoms with Crippen molar-refractivity contribution in [2.75, 3.05) is 5.32 Å². The van der Waals surface area contributed by atoms with Gasteiger partial charge < -0.3 is 10.1 Å². The summed E-state index contributed by atoms with van der Waals surface area (Å²) < 4.78 is 5.41. The summed E-state index contributed by atoms with van der Waals surface area (Å²) in [5.74, 6) is 0. The smallest absolute Gasteiger partial charge is 0.0725 e. The molecule has 0 unspecified atom stereocenters. The van der Waals surface area contributed by atoms with Crippen molar-refractivity contribution in [2.45, 2.75) is 26.7 Å². The Balaban J connectivity index is 1.70. The zero-order chi connectivity index (χ0) is 12.4. The number of nitrogens with zero attached hydrogens (tertiary/aromatic N) is 1. The molecule has 2 aromatic rings. The first-order chi connectivity index (χ1) is 8.81. The number of aryl methyl sites for hydroxylation is 1. The number of rotatable bonds is 3. The van der Waals surface area contributed by atoms with Crippen LogP contribution in [0.25, 0.3) is 0 Å². The molecule has 1 aliphatic heterocycles. The summed E-state index contributed by atoms with van der Waals surface area (Å²) in [5.41, 5.74) is 6.13. The molecule has 0 radical (unpaired) electrons. The zero-order valence-corrected chi connectivity index (χ0v) is 10.4. The minimum absolute atomic E-state index is 0.733. The Morgan fingerprint density at radius 1 is 1.17 bits per heavy atom. The Morgan fingerprint density at radius 2 is 2.06 bits per heavy atom. The van der Waals surface area contributed by atoms with Gasteiger partial charge in [0.1, 0.15) is 0 Å². The van der Waals surface area contributed by atoms with Crippen LogP contribution in [0.2, 0.25) is 0 Å². The Kier molecular flexibility index (Phi) is 2.99. The molecule has 2 heterocycles. The van der Waals surface area contributed by atoms with Crippen molar-refractivity contribution in [3.8, 4) is 0 Å². The molecule has 0 saturated carbocycles. The topological polar surface area (TPSA) is 34.2 Å². The van der Waals surface area contributed by atoms with Crippen molar-refractivity contribution in [2.24, 2.45) is 0 Å². The van der Waals surface area contributed by atoms with Crippen LogP contribution in [-0.4, -0.2) is 4.98 Å². The number of aromatic nitrogens is 1. The van der Waals surface area contributed by atoms with E-state index in [-0.39, 0.29) is 0 Å². The molecule has 1 aliphatic rings. The number of fused-ring (bicyclic) bond motifs is 1. The predicted octanol–water partition coefficient (Wildman–Crippen LogP) is 3.03. The molecular weight excluding hydrogens is 224 g/mol. The summed E-state index contributed by atoms with van der Waals surface area (Å²) >= 11 is 0. The summed E-state index contributed by atoms with van der Waals surface area (Å²) in [7, 11) is 0. The summed E-state index contributed by atoms with van der Waals surface area (Å²) in [6.45, 7) is 4.34. The normalized spacial score (nSPS) is 13.4. The van der Waals surface area contributed by atoms with E-state index in [4.69, 9.17) is 4.74 Å². The number of benzene rings is 1. The van der Waals surface area contributed by atoms with Crippen LogP contribution >= 0.6 is 0 Å². The summed E-state index contributed by atoms with van der Waals surface area (Å²) in [6, 6.07) is 8.57. The third-order valence-electron chi connectivity index (χ3n) is 3.15. The lowest BCUT2D eigenvalue weighted by Crippen LogP contribution is -2.00. The highest BCUT2D eigenvalue weighted by atomic mass is 16.5. The molecule has 0 fully saturated rings. The van der Waals surface area contributed by atoms with Gasteiger partial charge in [0.05, 0.1) is 13.2 Å². The van der Waals surface area contributed by atoms with Gasteiger partial charge in [-0.05, 0) is 41.3 Å². The molecule has 1 aromatic carbocycles. The van der Waals surface area contributed by atoms with E-state index in [9.17, 15) is 0 Å². The molecule has 0 saturated heterocycles. The van der Waals surface area contributed by atoms with Crippen molar-refractivity contribution >= 4 is 5.69 Å². The van der Waals surface area contributed by atoms with Crippen LogP contribution in [0, 0.1) is 6.92 Å². The summed E-state index contributed by atoms with van der Waals surface area (Å²) in [6.07, 6.45) is 3.77. The van der Waals surface area contributed by atoms with E-state index in [2.05, 4.69) is 41.5 Å². The van der Waals surface area contributed by atoms with Crippen LogP contribution < -0.4 is 5.32 Å². The van der Waals surface area contributed by atoms with Crippen LogP contribution in [0.3, 0.4) is 0 Å². The van der Waals surface area contributed by atoms with Gasteiger partial charge in [-0.25, -0.2) is 0 Å². The molecule has 1 N–H and O–H groups in total. The quantitative estimate of drug-likeness (QED) is 0.895. The van der Waals surface area contributed by atoms with Crippen molar-refractivity contribution in [1.82, 2.24) is 4.98 Å². The molecule has 0 atom stereocenters. The third kappa shape index (κ3) is 2.36. The van der Waals surface area contributed by atoms with Gasteiger partial charge in [0.2, 0.25) is 0 Å². The highest BCUT2D eigenvalue weighted by molar-refractivity contribution is 5.49. The molecular formula is C15H16N2O. The maximum atomic E-state index is 5.41. The molecule has 0 aliphatic carbocycles. The lowest BCUT2D eigenvalue weighted by Gasteiger charge is -2.08. The fraction of sp³-hybridized carbons (Fsp3) is 0.267. The Hall–Kier alpha value is -1.87. The molecule has 3 nitrogen and oxygen atoms in total. The molecule has 0 bridgehead atoms. The van der Waals surface area contributed by atoms with Crippen LogP contribution in [-0.2, 0) is 24.5 Å². The van der Waals surface area contributed by atoms with Gasteiger partial charge >= 0.3 is 0 Å². The van der Waals surface area contributed by atoms with E-state index < -0.39 is 0 Å².